The zero-order valence-corrected chi connectivity index (χ0v) is 16.4. The van der Waals surface area contributed by atoms with Crippen molar-refractivity contribution in [2.45, 2.75) is 31.3 Å². The highest BCUT2D eigenvalue weighted by Crippen LogP contribution is 2.43. The van der Waals surface area contributed by atoms with Crippen molar-refractivity contribution in [1.29, 1.82) is 0 Å². The molecule has 7 heteroatoms. The minimum Gasteiger partial charge on any atom is -0.496 e. The number of ether oxygens (including phenoxy) is 3. The lowest BCUT2D eigenvalue weighted by atomic mass is 9.91. The fraction of sp³-hybridized carbons (Fsp3) is 0.429. The third-order valence-electron chi connectivity index (χ3n) is 5.19. The van der Waals surface area contributed by atoms with Crippen molar-refractivity contribution in [3.05, 3.63) is 47.8 Å². The first kappa shape index (κ1) is 19.9. The van der Waals surface area contributed by atoms with Gasteiger partial charge in [-0.15, -0.1) is 0 Å². The van der Waals surface area contributed by atoms with E-state index in [1.54, 1.807) is 39.8 Å². The van der Waals surface area contributed by atoms with E-state index in [2.05, 4.69) is 4.98 Å². The Labute approximate surface area is 164 Å². The van der Waals surface area contributed by atoms with Crippen molar-refractivity contribution in [3.8, 4) is 17.2 Å². The molecular formula is C21H26N2O5. The van der Waals surface area contributed by atoms with Gasteiger partial charge in [-0.3, -0.25) is 14.7 Å². The Hall–Kier alpha value is -2.80. The van der Waals surface area contributed by atoms with Gasteiger partial charge in [0.1, 0.15) is 11.8 Å². The summed E-state index contributed by atoms with van der Waals surface area (Å²) in [6.45, 7) is 0.675. The second-order valence-electron chi connectivity index (χ2n) is 6.73. The van der Waals surface area contributed by atoms with Crippen LogP contribution in [0.3, 0.4) is 0 Å². The van der Waals surface area contributed by atoms with Crippen LogP contribution in [0.5, 0.6) is 17.2 Å². The van der Waals surface area contributed by atoms with Crippen molar-refractivity contribution in [3.63, 3.8) is 0 Å². The lowest BCUT2D eigenvalue weighted by Crippen LogP contribution is -2.47. The van der Waals surface area contributed by atoms with Crippen LogP contribution in [0.2, 0.25) is 0 Å². The van der Waals surface area contributed by atoms with E-state index in [1.165, 1.54) is 0 Å². The third-order valence-corrected chi connectivity index (χ3v) is 5.19. The Morgan fingerprint density at radius 1 is 1.14 bits per heavy atom. The van der Waals surface area contributed by atoms with Crippen LogP contribution in [-0.4, -0.2) is 54.9 Å². The van der Waals surface area contributed by atoms with Gasteiger partial charge < -0.3 is 19.3 Å². The minimum atomic E-state index is -0.812. The predicted octanol–water partition coefficient (Wildman–Crippen LogP) is 3.14. The Balaban J connectivity index is 2.19. The molecule has 2 aromatic rings. The monoisotopic (exact) mass is 386 g/mol. The highest BCUT2D eigenvalue weighted by molar-refractivity contribution is 5.74. The van der Waals surface area contributed by atoms with E-state index in [0.717, 1.165) is 24.0 Å². The maximum atomic E-state index is 12.0. The van der Waals surface area contributed by atoms with Crippen LogP contribution < -0.4 is 14.2 Å². The van der Waals surface area contributed by atoms with Crippen molar-refractivity contribution in [2.24, 2.45) is 0 Å². The number of rotatable bonds is 7. The SMILES string of the molecule is COc1cc(OC)c(C(c2cccnc2)N2CCCCC2C(=O)O)cc1OC. The molecule has 150 valence electrons. The molecule has 0 bridgehead atoms. The standard InChI is InChI=1S/C21H26N2O5/c1-26-17-12-19(28-3)18(27-2)11-15(17)20(14-7-6-9-22-13-14)23-10-5-4-8-16(23)21(24)25/h6-7,9,11-13,16,20H,4-5,8,10H2,1-3H3,(H,24,25). The van der Waals surface area contributed by atoms with Crippen LogP contribution in [0.1, 0.15) is 36.4 Å². The number of aromatic nitrogens is 1. The summed E-state index contributed by atoms with van der Waals surface area (Å²) < 4.78 is 16.5. The first-order valence-electron chi connectivity index (χ1n) is 9.29. The minimum absolute atomic E-state index is 0.329. The molecule has 0 saturated carbocycles. The molecule has 1 fully saturated rings. The van der Waals surface area contributed by atoms with Crippen LogP contribution in [0, 0.1) is 0 Å². The summed E-state index contributed by atoms with van der Waals surface area (Å²) in [5.41, 5.74) is 1.72. The number of carboxylic acid groups (broad SMARTS) is 1. The molecule has 3 rings (SSSR count). The van der Waals surface area contributed by atoms with Crippen LogP contribution in [-0.2, 0) is 4.79 Å². The molecule has 0 amide bonds. The molecule has 0 spiro atoms. The molecular weight excluding hydrogens is 360 g/mol. The number of carboxylic acids is 1. The van der Waals surface area contributed by atoms with Crippen molar-refractivity contribution < 1.29 is 24.1 Å². The van der Waals surface area contributed by atoms with Crippen LogP contribution in [0.4, 0.5) is 0 Å². The van der Waals surface area contributed by atoms with Crippen molar-refractivity contribution in [2.75, 3.05) is 27.9 Å². The van der Waals surface area contributed by atoms with Gasteiger partial charge in [0.05, 0.1) is 27.4 Å². The highest BCUT2D eigenvalue weighted by atomic mass is 16.5. The van der Waals surface area contributed by atoms with Gasteiger partial charge in [0.2, 0.25) is 0 Å². The quantitative estimate of drug-likeness (QED) is 0.783. The summed E-state index contributed by atoms with van der Waals surface area (Å²) in [4.78, 5) is 18.3. The molecule has 0 radical (unpaired) electrons. The molecule has 1 N–H and O–H groups in total. The maximum absolute atomic E-state index is 12.0. The van der Waals surface area contributed by atoms with Gasteiger partial charge in [0.25, 0.3) is 0 Å². The molecule has 7 nitrogen and oxygen atoms in total. The first-order valence-corrected chi connectivity index (χ1v) is 9.29. The number of aliphatic carboxylic acids is 1. The number of benzene rings is 1. The Bertz CT molecular complexity index is 812. The Morgan fingerprint density at radius 3 is 2.46 bits per heavy atom. The number of carbonyl (C=O) groups is 1. The Morgan fingerprint density at radius 2 is 1.86 bits per heavy atom. The van der Waals surface area contributed by atoms with E-state index in [1.807, 2.05) is 23.1 Å². The molecule has 2 atom stereocenters. The second-order valence-corrected chi connectivity index (χ2v) is 6.73. The topological polar surface area (TPSA) is 81.1 Å². The van der Waals surface area contributed by atoms with Crippen molar-refractivity contribution in [1.82, 2.24) is 9.88 Å². The number of methoxy groups -OCH3 is 3. The maximum Gasteiger partial charge on any atom is 0.320 e. The van der Waals surface area contributed by atoms with E-state index in [4.69, 9.17) is 14.2 Å². The largest absolute Gasteiger partial charge is 0.496 e. The second kappa shape index (κ2) is 8.93. The third kappa shape index (κ3) is 3.89. The average Bonchev–Trinajstić information content (AvgIpc) is 2.74. The molecule has 1 aliphatic heterocycles. The number of piperidine rings is 1. The smallest absolute Gasteiger partial charge is 0.320 e. The zero-order chi connectivity index (χ0) is 20.1. The van der Waals surface area contributed by atoms with Crippen LogP contribution in [0.15, 0.2) is 36.7 Å². The zero-order valence-electron chi connectivity index (χ0n) is 16.4. The molecule has 2 heterocycles. The first-order chi connectivity index (χ1) is 13.6. The van der Waals surface area contributed by atoms with Gasteiger partial charge in [0, 0.05) is 24.0 Å². The van der Waals surface area contributed by atoms with E-state index >= 15 is 0 Å². The molecule has 28 heavy (non-hydrogen) atoms. The van der Waals surface area contributed by atoms with Crippen LogP contribution >= 0.6 is 0 Å². The van der Waals surface area contributed by atoms with Gasteiger partial charge in [-0.1, -0.05) is 12.5 Å². The lowest BCUT2D eigenvalue weighted by molar-refractivity contribution is -0.145. The number of pyridine rings is 1. The number of hydrogen-bond acceptors (Lipinski definition) is 6. The average molecular weight is 386 g/mol. The summed E-state index contributed by atoms with van der Waals surface area (Å²) in [5, 5.41) is 9.83. The van der Waals surface area contributed by atoms with Gasteiger partial charge in [-0.25, -0.2) is 0 Å². The molecule has 1 aromatic carbocycles. The fourth-order valence-electron chi connectivity index (χ4n) is 3.88. The summed E-state index contributed by atoms with van der Waals surface area (Å²) in [5.74, 6) is 0.923. The lowest BCUT2D eigenvalue weighted by Gasteiger charge is -2.40. The highest BCUT2D eigenvalue weighted by Gasteiger charge is 2.37. The summed E-state index contributed by atoms with van der Waals surface area (Å²) in [6, 6.07) is 6.55. The van der Waals surface area contributed by atoms with Crippen LogP contribution in [0.25, 0.3) is 0 Å². The number of hydrogen-bond donors (Lipinski definition) is 1. The van der Waals surface area contributed by atoms with E-state index in [-0.39, 0.29) is 6.04 Å². The van der Waals surface area contributed by atoms with Gasteiger partial charge in [0.15, 0.2) is 11.5 Å². The van der Waals surface area contributed by atoms with Gasteiger partial charge >= 0.3 is 5.97 Å². The predicted molar refractivity (Wildman–Crippen MR) is 104 cm³/mol. The molecule has 1 saturated heterocycles. The molecule has 1 aliphatic rings. The van der Waals surface area contributed by atoms with Gasteiger partial charge in [-0.05, 0) is 37.1 Å². The molecule has 1 aromatic heterocycles. The number of nitrogens with zero attached hydrogens (tertiary/aromatic N) is 2. The van der Waals surface area contributed by atoms with E-state index < -0.39 is 12.0 Å². The normalized spacial score (nSPS) is 18.3. The van der Waals surface area contributed by atoms with E-state index in [0.29, 0.717) is 30.2 Å². The summed E-state index contributed by atoms with van der Waals surface area (Å²) in [7, 11) is 4.74. The molecule has 0 aliphatic carbocycles. The van der Waals surface area contributed by atoms with Gasteiger partial charge in [-0.2, -0.15) is 0 Å². The van der Waals surface area contributed by atoms with Crippen molar-refractivity contribution >= 4 is 5.97 Å². The summed E-state index contributed by atoms with van der Waals surface area (Å²) in [6.07, 6.45) is 5.93. The number of likely N-dealkylation sites (tertiary alicyclic amines) is 1. The Kier molecular flexibility index (Phi) is 6.36. The van der Waals surface area contributed by atoms with E-state index in [9.17, 15) is 9.90 Å². The molecule has 2 unspecified atom stereocenters. The summed E-state index contributed by atoms with van der Waals surface area (Å²) >= 11 is 0. The fourth-order valence-corrected chi connectivity index (χ4v) is 3.88.